The average molecular weight is 332 g/mol. The summed E-state index contributed by atoms with van der Waals surface area (Å²) in [5, 5.41) is 3.50. The molecule has 3 aromatic rings. The SMILES string of the molecule is c1ccc(CNCCC(Cc2ccccn2)Cc2ccccn2)nc1. The lowest BCUT2D eigenvalue weighted by molar-refractivity contribution is 0.450. The Bertz CT molecular complexity index is 675. The lowest BCUT2D eigenvalue weighted by atomic mass is 9.93. The zero-order chi connectivity index (χ0) is 17.2. The maximum Gasteiger partial charge on any atom is 0.0541 e. The van der Waals surface area contributed by atoms with Crippen LogP contribution in [0.4, 0.5) is 0 Å². The Hall–Kier alpha value is -2.59. The summed E-state index contributed by atoms with van der Waals surface area (Å²) in [6.45, 7) is 1.77. The molecule has 25 heavy (non-hydrogen) atoms. The molecule has 0 fully saturated rings. The number of aromatic nitrogens is 3. The highest BCUT2D eigenvalue weighted by Crippen LogP contribution is 2.15. The van der Waals surface area contributed by atoms with Crippen molar-refractivity contribution in [3.8, 4) is 0 Å². The average Bonchev–Trinajstić information content (AvgIpc) is 2.67. The molecule has 0 aliphatic rings. The molecule has 4 heteroatoms. The zero-order valence-electron chi connectivity index (χ0n) is 14.4. The summed E-state index contributed by atoms with van der Waals surface area (Å²) in [6.07, 6.45) is 8.60. The molecule has 0 unspecified atom stereocenters. The minimum atomic E-state index is 0.515. The van der Waals surface area contributed by atoms with E-state index in [4.69, 9.17) is 0 Å². The molecule has 3 aromatic heterocycles. The Kier molecular flexibility index (Phi) is 6.65. The number of hydrogen-bond acceptors (Lipinski definition) is 4. The molecule has 0 aromatic carbocycles. The molecule has 0 bridgehead atoms. The maximum atomic E-state index is 4.49. The fourth-order valence-electron chi connectivity index (χ4n) is 2.93. The van der Waals surface area contributed by atoms with Crippen molar-refractivity contribution < 1.29 is 0 Å². The zero-order valence-corrected chi connectivity index (χ0v) is 14.4. The molecule has 0 saturated heterocycles. The predicted octanol–water partition coefficient (Wildman–Crippen LogP) is 3.45. The van der Waals surface area contributed by atoms with Crippen molar-refractivity contribution in [2.24, 2.45) is 5.92 Å². The molecule has 0 amide bonds. The van der Waals surface area contributed by atoms with Crippen LogP contribution in [0.1, 0.15) is 23.5 Å². The van der Waals surface area contributed by atoms with Crippen LogP contribution >= 0.6 is 0 Å². The number of nitrogens with one attached hydrogen (secondary N) is 1. The van der Waals surface area contributed by atoms with Gasteiger partial charge in [-0.05, 0) is 68.1 Å². The summed E-state index contributed by atoms with van der Waals surface area (Å²) in [6, 6.07) is 18.3. The number of nitrogens with zero attached hydrogens (tertiary/aromatic N) is 3. The van der Waals surface area contributed by atoms with Gasteiger partial charge in [0.05, 0.1) is 5.69 Å². The van der Waals surface area contributed by atoms with Crippen LogP contribution in [0.15, 0.2) is 73.2 Å². The van der Waals surface area contributed by atoms with Gasteiger partial charge in [-0.1, -0.05) is 18.2 Å². The van der Waals surface area contributed by atoms with Gasteiger partial charge >= 0.3 is 0 Å². The Morgan fingerprint density at radius 3 is 1.68 bits per heavy atom. The van der Waals surface area contributed by atoms with Crippen LogP contribution in [-0.4, -0.2) is 21.5 Å². The Morgan fingerprint density at radius 1 is 0.680 bits per heavy atom. The van der Waals surface area contributed by atoms with Crippen molar-refractivity contribution in [1.29, 1.82) is 0 Å². The van der Waals surface area contributed by atoms with Gasteiger partial charge in [-0.3, -0.25) is 15.0 Å². The second-order valence-electron chi connectivity index (χ2n) is 6.20. The van der Waals surface area contributed by atoms with Crippen molar-refractivity contribution in [3.63, 3.8) is 0 Å². The Labute approximate surface area is 149 Å². The largest absolute Gasteiger partial charge is 0.311 e. The fourth-order valence-corrected chi connectivity index (χ4v) is 2.93. The van der Waals surface area contributed by atoms with Crippen molar-refractivity contribution in [2.45, 2.75) is 25.8 Å². The lowest BCUT2D eigenvalue weighted by Gasteiger charge is -2.16. The first-order valence-corrected chi connectivity index (χ1v) is 8.80. The van der Waals surface area contributed by atoms with Crippen molar-refractivity contribution in [2.75, 3.05) is 6.54 Å². The van der Waals surface area contributed by atoms with Gasteiger partial charge in [0, 0.05) is 36.5 Å². The van der Waals surface area contributed by atoms with E-state index >= 15 is 0 Å². The smallest absolute Gasteiger partial charge is 0.0541 e. The van der Waals surface area contributed by atoms with Gasteiger partial charge in [-0.15, -0.1) is 0 Å². The maximum absolute atomic E-state index is 4.49. The molecule has 1 N–H and O–H groups in total. The lowest BCUT2D eigenvalue weighted by Crippen LogP contribution is -2.21. The molecule has 0 aliphatic carbocycles. The normalized spacial score (nSPS) is 10.9. The van der Waals surface area contributed by atoms with E-state index in [1.807, 2.05) is 48.9 Å². The van der Waals surface area contributed by atoms with E-state index in [1.54, 1.807) is 0 Å². The monoisotopic (exact) mass is 332 g/mol. The summed E-state index contributed by atoms with van der Waals surface area (Å²) >= 11 is 0. The van der Waals surface area contributed by atoms with Crippen LogP contribution in [0.25, 0.3) is 0 Å². The van der Waals surface area contributed by atoms with Crippen molar-refractivity contribution in [1.82, 2.24) is 20.3 Å². The summed E-state index contributed by atoms with van der Waals surface area (Å²) in [5.41, 5.74) is 3.37. The van der Waals surface area contributed by atoms with Gasteiger partial charge in [-0.2, -0.15) is 0 Å². The molecule has 3 heterocycles. The minimum Gasteiger partial charge on any atom is -0.311 e. The van der Waals surface area contributed by atoms with E-state index < -0.39 is 0 Å². The summed E-state index contributed by atoms with van der Waals surface area (Å²) in [5.74, 6) is 0.515. The molecular weight excluding hydrogens is 308 g/mol. The van der Waals surface area contributed by atoms with Crippen LogP contribution in [-0.2, 0) is 19.4 Å². The standard InChI is InChI=1S/C21H24N4/c1-4-11-23-19(7-1)15-18(16-20-8-2-5-12-24-20)10-14-22-17-21-9-3-6-13-25-21/h1-9,11-13,18,22H,10,14-17H2. The third-order valence-electron chi connectivity index (χ3n) is 4.21. The molecule has 0 atom stereocenters. The van der Waals surface area contributed by atoms with Crippen LogP contribution < -0.4 is 5.32 Å². The van der Waals surface area contributed by atoms with Gasteiger partial charge in [0.25, 0.3) is 0 Å². The van der Waals surface area contributed by atoms with Gasteiger partial charge in [0.1, 0.15) is 0 Å². The van der Waals surface area contributed by atoms with Crippen molar-refractivity contribution in [3.05, 3.63) is 90.3 Å². The van der Waals surface area contributed by atoms with Crippen LogP contribution in [0, 0.1) is 5.92 Å². The molecule has 0 aliphatic heterocycles. The number of rotatable bonds is 9. The molecule has 3 rings (SSSR count). The third-order valence-corrected chi connectivity index (χ3v) is 4.21. The summed E-state index contributed by atoms with van der Waals surface area (Å²) < 4.78 is 0. The highest BCUT2D eigenvalue weighted by atomic mass is 14.9. The minimum absolute atomic E-state index is 0.515. The predicted molar refractivity (Wildman–Crippen MR) is 99.9 cm³/mol. The highest BCUT2D eigenvalue weighted by Gasteiger charge is 2.12. The van der Waals surface area contributed by atoms with E-state index in [1.165, 1.54) is 0 Å². The van der Waals surface area contributed by atoms with Crippen LogP contribution in [0.3, 0.4) is 0 Å². The molecule has 0 saturated carbocycles. The first kappa shape index (κ1) is 17.2. The summed E-state index contributed by atoms with van der Waals surface area (Å²) in [4.78, 5) is 13.3. The number of pyridine rings is 3. The molecular formula is C21H24N4. The third kappa shape index (κ3) is 6.08. The van der Waals surface area contributed by atoms with Gasteiger partial charge in [-0.25, -0.2) is 0 Å². The second kappa shape index (κ2) is 9.64. The van der Waals surface area contributed by atoms with Crippen LogP contribution in [0.2, 0.25) is 0 Å². The molecule has 0 radical (unpaired) electrons. The molecule has 0 spiro atoms. The first-order chi connectivity index (χ1) is 12.4. The van der Waals surface area contributed by atoms with Crippen molar-refractivity contribution >= 4 is 0 Å². The quantitative estimate of drug-likeness (QED) is 0.610. The van der Waals surface area contributed by atoms with E-state index in [9.17, 15) is 0 Å². The van der Waals surface area contributed by atoms with Crippen LogP contribution in [0.5, 0.6) is 0 Å². The van der Waals surface area contributed by atoms with E-state index in [2.05, 4.69) is 44.5 Å². The highest BCUT2D eigenvalue weighted by molar-refractivity contribution is 5.08. The van der Waals surface area contributed by atoms with E-state index in [-0.39, 0.29) is 0 Å². The topological polar surface area (TPSA) is 50.7 Å². The Morgan fingerprint density at radius 2 is 1.20 bits per heavy atom. The van der Waals surface area contributed by atoms with Gasteiger partial charge in [0.15, 0.2) is 0 Å². The summed E-state index contributed by atoms with van der Waals surface area (Å²) in [7, 11) is 0. The Balaban J connectivity index is 1.54. The van der Waals surface area contributed by atoms with E-state index in [0.29, 0.717) is 5.92 Å². The fraction of sp³-hybridized carbons (Fsp3) is 0.286. The number of hydrogen-bond donors (Lipinski definition) is 1. The first-order valence-electron chi connectivity index (χ1n) is 8.80. The van der Waals surface area contributed by atoms with E-state index in [0.717, 1.165) is 49.4 Å². The molecule has 4 nitrogen and oxygen atoms in total. The van der Waals surface area contributed by atoms with Gasteiger partial charge in [0.2, 0.25) is 0 Å². The van der Waals surface area contributed by atoms with Gasteiger partial charge < -0.3 is 5.32 Å². The molecule has 128 valence electrons. The second-order valence-corrected chi connectivity index (χ2v) is 6.20.